The molecule has 1 saturated heterocycles. The maximum atomic E-state index is 5.76. The molecular formula is C15H24N2O2. The Kier molecular flexibility index (Phi) is 5.63. The van der Waals surface area contributed by atoms with Gasteiger partial charge in [0.2, 0.25) is 0 Å². The first-order chi connectivity index (χ1) is 9.28. The Bertz CT molecular complexity index is 367. The maximum absolute atomic E-state index is 5.76. The van der Waals surface area contributed by atoms with Crippen molar-refractivity contribution in [2.24, 2.45) is 5.73 Å². The van der Waals surface area contributed by atoms with Gasteiger partial charge >= 0.3 is 0 Å². The highest BCUT2D eigenvalue weighted by Crippen LogP contribution is 2.12. The van der Waals surface area contributed by atoms with Crippen LogP contribution >= 0.6 is 0 Å². The summed E-state index contributed by atoms with van der Waals surface area (Å²) < 4.78 is 11.4. The Hall–Kier alpha value is -1.10. The molecule has 2 N–H and O–H groups in total. The lowest BCUT2D eigenvalue weighted by atomic mass is 10.2. The third-order valence-electron chi connectivity index (χ3n) is 3.37. The number of nitrogens with two attached hydrogens (primary N) is 1. The Morgan fingerprint density at radius 3 is 2.89 bits per heavy atom. The minimum absolute atomic E-state index is 0.325. The van der Waals surface area contributed by atoms with Gasteiger partial charge in [0.15, 0.2) is 0 Å². The van der Waals surface area contributed by atoms with E-state index in [9.17, 15) is 0 Å². The molecule has 0 aromatic heterocycles. The molecule has 106 valence electrons. The minimum Gasteiger partial charge on any atom is -0.492 e. The van der Waals surface area contributed by atoms with Gasteiger partial charge in [-0.25, -0.2) is 0 Å². The molecule has 0 bridgehead atoms. The molecule has 1 atom stereocenters. The maximum Gasteiger partial charge on any atom is 0.119 e. The van der Waals surface area contributed by atoms with E-state index in [1.807, 2.05) is 24.3 Å². The van der Waals surface area contributed by atoms with E-state index in [1.165, 1.54) is 0 Å². The smallest absolute Gasteiger partial charge is 0.119 e. The predicted octanol–water partition coefficient (Wildman–Crippen LogP) is 1.63. The summed E-state index contributed by atoms with van der Waals surface area (Å²) in [5.41, 5.74) is 6.70. The van der Waals surface area contributed by atoms with Crippen molar-refractivity contribution in [2.75, 3.05) is 32.8 Å². The van der Waals surface area contributed by atoms with Crippen molar-refractivity contribution in [3.8, 4) is 5.75 Å². The molecule has 1 aliphatic rings. The summed E-state index contributed by atoms with van der Waals surface area (Å²) >= 11 is 0. The predicted molar refractivity (Wildman–Crippen MR) is 76.3 cm³/mol. The van der Waals surface area contributed by atoms with Crippen LogP contribution in [0.4, 0.5) is 0 Å². The quantitative estimate of drug-likeness (QED) is 0.878. The van der Waals surface area contributed by atoms with E-state index < -0.39 is 0 Å². The summed E-state index contributed by atoms with van der Waals surface area (Å²) in [5, 5.41) is 0. The second-order valence-electron chi connectivity index (χ2n) is 5.03. The van der Waals surface area contributed by atoms with Crippen molar-refractivity contribution in [1.29, 1.82) is 0 Å². The summed E-state index contributed by atoms with van der Waals surface area (Å²) in [6.45, 7) is 7.34. The summed E-state index contributed by atoms with van der Waals surface area (Å²) in [4.78, 5) is 2.41. The molecule has 1 unspecified atom stereocenters. The zero-order chi connectivity index (χ0) is 13.5. The van der Waals surface area contributed by atoms with Crippen LogP contribution in [0.3, 0.4) is 0 Å². The van der Waals surface area contributed by atoms with Gasteiger partial charge in [-0.15, -0.1) is 0 Å². The van der Waals surface area contributed by atoms with Crippen molar-refractivity contribution in [1.82, 2.24) is 4.90 Å². The van der Waals surface area contributed by atoms with Crippen LogP contribution < -0.4 is 10.5 Å². The van der Waals surface area contributed by atoms with Crippen molar-refractivity contribution < 1.29 is 9.47 Å². The average molecular weight is 264 g/mol. The molecule has 4 heteroatoms. The monoisotopic (exact) mass is 264 g/mol. The van der Waals surface area contributed by atoms with Crippen molar-refractivity contribution in [2.45, 2.75) is 26.0 Å². The van der Waals surface area contributed by atoms with E-state index in [-0.39, 0.29) is 0 Å². The van der Waals surface area contributed by atoms with Gasteiger partial charge in [0.1, 0.15) is 12.4 Å². The molecular weight excluding hydrogens is 240 g/mol. The number of ether oxygens (including phenoxy) is 2. The van der Waals surface area contributed by atoms with Gasteiger partial charge in [-0.05, 0) is 31.0 Å². The van der Waals surface area contributed by atoms with Gasteiger partial charge in [0.05, 0.1) is 6.10 Å². The second kappa shape index (κ2) is 7.48. The average Bonchev–Trinajstić information content (AvgIpc) is 2.64. The molecule has 0 radical (unpaired) electrons. The normalized spacial score (nSPS) is 21.1. The highest BCUT2D eigenvalue weighted by atomic mass is 16.5. The van der Waals surface area contributed by atoms with Gasteiger partial charge in [0, 0.05) is 32.8 Å². The van der Waals surface area contributed by atoms with Crippen LogP contribution in [0.2, 0.25) is 0 Å². The van der Waals surface area contributed by atoms with Crippen molar-refractivity contribution in [3.05, 3.63) is 29.8 Å². The lowest BCUT2D eigenvalue weighted by Crippen LogP contribution is -2.33. The van der Waals surface area contributed by atoms with E-state index >= 15 is 0 Å². The van der Waals surface area contributed by atoms with Crippen LogP contribution in [-0.2, 0) is 11.3 Å². The Morgan fingerprint density at radius 1 is 1.37 bits per heavy atom. The largest absolute Gasteiger partial charge is 0.492 e. The standard InChI is InChI=1S/C15H24N2O2/c1-13-12-17(7-2-9-18-13)8-10-19-15-5-3-14(11-16)4-6-15/h3-6,13H,2,7-12,16H2,1H3. The van der Waals surface area contributed by atoms with E-state index in [2.05, 4.69) is 11.8 Å². The van der Waals surface area contributed by atoms with Crippen LogP contribution in [-0.4, -0.2) is 43.9 Å². The highest BCUT2D eigenvalue weighted by molar-refractivity contribution is 5.27. The summed E-state index contributed by atoms with van der Waals surface area (Å²) in [5.74, 6) is 0.913. The molecule has 0 aliphatic carbocycles. The molecule has 0 spiro atoms. The molecule has 0 amide bonds. The molecule has 1 aromatic rings. The first kappa shape index (κ1) is 14.3. The molecule has 1 aromatic carbocycles. The van der Waals surface area contributed by atoms with Crippen LogP contribution in [0.5, 0.6) is 5.75 Å². The zero-order valence-corrected chi connectivity index (χ0v) is 11.7. The molecule has 4 nitrogen and oxygen atoms in total. The lowest BCUT2D eigenvalue weighted by molar-refractivity contribution is 0.0658. The molecule has 1 aliphatic heterocycles. The number of hydrogen-bond acceptors (Lipinski definition) is 4. The van der Waals surface area contributed by atoms with E-state index in [0.717, 1.165) is 44.0 Å². The van der Waals surface area contributed by atoms with Crippen molar-refractivity contribution >= 4 is 0 Å². The van der Waals surface area contributed by atoms with Gasteiger partial charge < -0.3 is 15.2 Å². The molecule has 0 saturated carbocycles. The van der Waals surface area contributed by atoms with Crippen LogP contribution in [0.15, 0.2) is 24.3 Å². The number of rotatable bonds is 5. The van der Waals surface area contributed by atoms with Gasteiger partial charge in [0.25, 0.3) is 0 Å². The van der Waals surface area contributed by atoms with E-state index in [0.29, 0.717) is 19.3 Å². The Balaban J connectivity index is 1.72. The van der Waals surface area contributed by atoms with Gasteiger partial charge in [-0.2, -0.15) is 0 Å². The summed E-state index contributed by atoms with van der Waals surface area (Å²) in [6, 6.07) is 7.99. The van der Waals surface area contributed by atoms with Crippen molar-refractivity contribution in [3.63, 3.8) is 0 Å². The SMILES string of the molecule is CC1CN(CCOc2ccc(CN)cc2)CCCO1. The molecule has 19 heavy (non-hydrogen) atoms. The number of hydrogen-bond donors (Lipinski definition) is 1. The van der Waals surface area contributed by atoms with Crippen LogP contribution in [0, 0.1) is 0 Å². The van der Waals surface area contributed by atoms with Gasteiger partial charge in [-0.3, -0.25) is 4.90 Å². The van der Waals surface area contributed by atoms with Gasteiger partial charge in [-0.1, -0.05) is 12.1 Å². The van der Waals surface area contributed by atoms with Crippen LogP contribution in [0.1, 0.15) is 18.9 Å². The fraction of sp³-hybridized carbons (Fsp3) is 0.600. The first-order valence-corrected chi connectivity index (χ1v) is 7.03. The summed E-state index contributed by atoms with van der Waals surface area (Å²) in [6.07, 6.45) is 1.43. The Labute approximate surface area is 115 Å². The van der Waals surface area contributed by atoms with Crippen LogP contribution in [0.25, 0.3) is 0 Å². The minimum atomic E-state index is 0.325. The van der Waals surface area contributed by atoms with E-state index in [1.54, 1.807) is 0 Å². The Morgan fingerprint density at radius 2 is 2.16 bits per heavy atom. The fourth-order valence-electron chi connectivity index (χ4n) is 2.30. The third kappa shape index (κ3) is 4.82. The topological polar surface area (TPSA) is 47.7 Å². The molecule has 2 rings (SSSR count). The molecule has 1 fully saturated rings. The molecule has 1 heterocycles. The third-order valence-corrected chi connectivity index (χ3v) is 3.37. The number of nitrogens with zero attached hydrogens (tertiary/aromatic N) is 1. The second-order valence-corrected chi connectivity index (χ2v) is 5.03. The zero-order valence-electron chi connectivity index (χ0n) is 11.7. The van der Waals surface area contributed by atoms with E-state index in [4.69, 9.17) is 15.2 Å². The summed E-state index contributed by atoms with van der Waals surface area (Å²) in [7, 11) is 0. The fourth-order valence-corrected chi connectivity index (χ4v) is 2.30. The lowest BCUT2D eigenvalue weighted by Gasteiger charge is -2.21. The highest BCUT2D eigenvalue weighted by Gasteiger charge is 2.14. The first-order valence-electron chi connectivity index (χ1n) is 7.03. The number of benzene rings is 1.